The number of likely N-dealkylation sites (tertiary alicyclic amines) is 1. The number of hydrogen-bond acceptors (Lipinski definition) is 7. The van der Waals surface area contributed by atoms with Crippen LogP contribution < -0.4 is 0 Å². The topological polar surface area (TPSA) is 72.1 Å². The van der Waals surface area contributed by atoms with Gasteiger partial charge in [-0.3, -0.25) is 4.79 Å². The smallest absolute Gasteiger partial charge is 0.253 e. The van der Waals surface area contributed by atoms with Crippen LogP contribution in [-0.4, -0.2) is 39.0 Å². The fourth-order valence-corrected chi connectivity index (χ4v) is 4.23. The van der Waals surface area contributed by atoms with Crippen LogP contribution in [0.25, 0.3) is 21.6 Å². The second kappa shape index (κ2) is 5.75. The zero-order valence-electron chi connectivity index (χ0n) is 13.0. The summed E-state index contributed by atoms with van der Waals surface area (Å²) in [5.74, 6) is 1.35. The Labute approximate surface area is 150 Å². The molecule has 124 valence electrons. The fourth-order valence-electron chi connectivity index (χ4n) is 2.88. The van der Waals surface area contributed by atoms with Crippen LogP contribution in [0.3, 0.4) is 0 Å². The number of amides is 1. The van der Waals surface area contributed by atoms with Crippen molar-refractivity contribution in [3.8, 4) is 11.4 Å². The molecule has 6 nitrogen and oxygen atoms in total. The summed E-state index contributed by atoms with van der Waals surface area (Å²) >= 11 is 3.14. The molecule has 1 amide bonds. The zero-order chi connectivity index (χ0) is 16.8. The van der Waals surface area contributed by atoms with Crippen LogP contribution in [0.5, 0.6) is 0 Å². The molecule has 4 heterocycles. The molecule has 3 aromatic heterocycles. The van der Waals surface area contributed by atoms with Crippen molar-refractivity contribution < 1.29 is 9.32 Å². The highest BCUT2D eigenvalue weighted by atomic mass is 32.1. The van der Waals surface area contributed by atoms with Crippen molar-refractivity contribution in [1.82, 2.24) is 20.0 Å². The monoisotopic (exact) mass is 368 g/mol. The van der Waals surface area contributed by atoms with Gasteiger partial charge in [0.1, 0.15) is 0 Å². The molecule has 8 heteroatoms. The van der Waals surface area contributed by atoms with Gasteiger partial charge < -0.3 is 9.42 Å². The molecule has 0 atom stereocenters. The highest BCUT2D eigenvalue weighted by Gasteiger charge is 2.36. The summed E-state index contributed by atoms with van der Waals surface area (Å²) in [6.45, 7) is 1.20. The first-order valence-electron chi connectivity index (χ1n) is 7.76. The molecule has 25 heavy (non-hydrogen) atoms. The molecule has 0 unspecified atom stereocenters. The normalized spacial score (nSPS) is 14.8. The number of hydrogen-bond donors (Lipinski definition) is 0. The van der Waals surface area contributed by atoms with Gasteiger partial charge in [0.25, 0.3) is 5.91 Å². The molecule has 0 spiro atoms. The Morgan fingerprint density at radius 2 is 2.20 bits per heavy atom. The van der Waals surface area contributed by atoms with Gasteiger partial charge in [-0.15, -0.1) is 11.3 Å². The van der Waals surface area contributed by atoms with Crippen molar-refractivity contribution in [2.24, 2.45) is 0 Å². The summed E-state index contributed by atoms with van der Waals surface area (Å²) in [6.07, 6.45) is 0. The van der Waals surface area contributed by atoms with Crippen molar-refractivity contribution in [1.29, 1.82) is 0 Å². The lowest BCUT2D eigenvalue weighted by Crippen LogP contribution is -2.48. The summed E-state index contributed by atoms with van der Waals surface area (Å²) < 4.78 is 6.40. The van der Waals surface area contributed by atoms with Gasteiger partial charge >= 0.3 is 0 Å². The summed E-state index contributed by atoms with van der Waals surface area (Å²) in [5.41, 5.74) is 4.37. The van der Waals surface area contributed by atoms with E-state index in [2.05, 4.69) is 15.1 Å². The van der Waals surface area contributed by atoms with E-state index in [-0.39, 0.29) is 11.8 Å². The van der Waals surface area contributed by atoms with E-state index in [1.807, 2.05) is 35.0 Å². The Balaban J connectivity index is 1.29. The van der Waals surface area contributed by atoms with Gasteiger partial charge in [0.2, 0.25) is 11.7 Å². The van der Waals surface area contributed by atoms with E-state index in [1.54, 1.807) is 33.1 Å². The van der Waals surface area contributed by atoms with Crippen LogP contribution in [0.2, 0.25) is 0 Å². The summed E-state index contributed by atoms with van der Waals surface area (Å²) in [6, 6.07) is 7.59. The van der Waals surface area contributed by atoms with Crippen LogP contribution in [0.1, 0.15) is 22.2 Å². The van der Waals surface area contributed by atoms with Crippen LogP contribution >= 0.6 is 22.7 Å². The van der Waals surface area contributed by atoms with Gasteiger partial charge in [-0.25, -0.2) is 4.98 Å². The Kier molecular flexibility index (Phi) is 3.39. The number of thiophene rings is 1. The largest absolute Gasteiger partial charge is 0.339 e. The lowest BCUT2D eigenvalue weighted by molar-refractivity contribution is 0.0569. The quantitative estimate of drug-likeness (QED) is 0.552. The summed E-state index contributed by atoms with van der Waals surface area (Å²) in [4.78, 5) is 23.1. The molecule has 5 rings (SSSR count). The third-order valence-corrected chi connectivity index (χ3v) is 5.79. The molecule has 1 saturated heterocycles. The second-order valence-corrected chi connectivity index (χ2v) is 7.58. The molecule has 1 aliphatic heterocycles. The number of carbonyl (C=O) groups excluding carboxylic acids is 1. The molecule has 0 radical (unpaired) electrons. The SMILES string of the molecule is O=C(c1ccc2ncsc2c1)N1CC(c2nc(-c3ccsc3)no2)C1. The summed E-state index contributed by atoms with van der Waals surface area (Å²) in [5, 5.41) is 8.00. The van der Waals surface area contributed by atoms with E-state index in [9.17, 15) is 4.79 Å². The molecule has 1 aromatic carbocycles. The minimum atomic E-state index is 0.0316. The predicted molar refractivity (Wildman–Crippen MR) is 95.9 cm³/mol. The molecule has 1 fully saturated rings. The maximum absolute atomic E-state index is 12.6. The van der Waals surface area contributed by atoms with Gasteiger partial charge in [-0.05, 0) is 29.6 Å². The Morgan fingerprint density at radius 3 is 3.04 bits per heavy atom. The van der Waals surface area contributed by atoms with Crippen LogP contribution in [-0.2, 0) is 0 Å². The van der Waals surface area contributed by atoms with Gasteiger partial charge in [0.05, 0.1) is 21.6 Å². The van der Waals surface area contributed by atoms with Crippen molar-refractivity contribution in [2.45, 2.75) is 5.92 Å². The first kappa shape index (κ1) is 14.7. The first-order chi connectivity index (χ1) is 12.3. The molecular formula is C17H12N4O2S2. The Morgan fingerprint density at radius 1 is 1.28 bits per heavy atom. The van der Waals surface area contributed by atoms with Gasteiger partial charge in [-0.2, -0.15) is 16.3 Å². The highest BCUT2D eigenvalue weighted by molar-refractivity contribution is 7.16. The highest BCUT2D eigenvalue weighted by Crippen LogP contribution is 2.30. The zero-order valence-corrected chi connectivity index (χ0v) is 14.6. The average Bonchev–Trinajstić information content (AvgIpc) is 3.33. The number of nitrogens with zero attached hydrogens (tertiary/aromatic N) is 4. The molecule has 4 aromatic rings. The van der Waals surface area contributed by atoms with Crippen LogP contribution in [0.4, 0.5) is 0 Å². The van der Waals surface area contributed by atoms with Crippen LogP contribution in [0, 0.1) is 0 Å². The summed E-state index contributed by atoms with van der Waals surface area (Å²) in [7, 11) is 0. The maximum atomic E-state index is 12.6. The molecular weight excluding hydrogens is 356 g/mol. The number of rotatable bonds is 3. The van der Waals surface area contributed by atoms with E-state index in [4.69, 9.17) is 4.52 Å². The second-order valence-electron chi connectivity index (χ2n) is 5.91. The number of aromatic nitrogens is 3. The number of fused-ring (bicyclic) bond motifs is 1. The fraction of sp³-hybridized carbons (Fsp3) is 0.176. The molecule has 0 bridgehead atoms. The van der Waals surface area contributed by atoms with Crippen LogP contribution in [0.15, 0.2) is 45.1 Å². The van der Waals surface area contributed by atoms with Gasteiger partial charge in [0, 0.05) is 29.6 Å². The lowest BCUT2D eigenvalue weighted by Gasteiger charge is -2.37. The van der Waals surface area contributed by atoms with Crippen molar-refractivity contribution in [3.05, 3.63) is 52.0 Å². The van der Waals surface area contributed by atoms with E-state index in [0.29, 0.717) is 30.4 Å². The van der Waals surface area contributed by atoms with E-state index in [1.165, 1.54) is 0 Å². The molecule has 0 aliphatic carbocycles. The maximum Gasteiger partial charge on any atom is 0.253 e. The first-order valence-corrected chi connectivity index (χ1v) is 9.59. The molecule has 1 aliphatic rings. The van der Waals surface area contributed by atoms with Gasteiger partial charge in [0.15, 0.2) is 0 Å². The Hall–Kier alpha value is -2.58. The molecule has 0 saturated carbocycles. The third kappa shape index (κ3) is 2.54. The minimum absolute atomic E-state index is 0.0316. The third-order valence-electron chi connectivity index (χ3n) is 4.32. The predicted octanol–water partition coefficient (Wildman–Crippen LogP) is 3.65. The molecule has 0 N–H and O–H groups in total. The minimum Gasteiger partial charge on any atom is -0.339 e. The van der Waals surface area contributed by atoms with E-state index >= 15 is 0 Å². The standard InChI is InChI=1S/C17H12N4O2S2/c22-17(10-1-2-13-14(5-10)25-9-18-13)21-6-12(7-21)16-19-15(20-23-16)11-3-4-24-8-11/h1-5,8-9,12H,6-7H2. The van der Waals surface area contributed by atoms with Gasteiger partial charge in [-0.1, -0.05) is 5.16 Å². The Bertz CT molecular complexity index is 1050. The average molecular weight is 368 g/mol. The van der Waals surface area contributed by atoms with E-state index in [0.717, 1.165) is 15.8 Å². The van der Waals surface area contributed by atoms with E-state index < -0.39 is 0 Å². The lowest BCUT2D eigenvalue weighted by atomic mass is 9.98. The number of benzene rings is 1. The number of carbonyl (C=O) groups is 1. The number of thiazole rings is 1. The van der Waals surface area contributed by atoms with Crippen molar-refractivity contribution >= 4 is 38.8 Å². The van der Waals surface area contributed by atoms with Crippen molar-refractivity contribution in [3.63, 3.8) is 0 Å². The van der Waals surface area contributed by atoms with Crippen molar-refractivity contribution in [2.75, 3.05) is 13.1 Å².